The molecule has 2 amide bonds. The van der Waals surface area contributed by atoms with Gasteiger partial charge in [-0.05, 0) is 51.0 Å². The fourth-order valence-electron chi connectivity index (χ4n) is 3.31. The Hall–Kier alpha value is -2.23. The molecule has 116 valence electrons. The van der Waals surface area contributed by atoms with Gasteiger partial charge in [-0.3, -0.25) is 0 Å². The van der Waals surface area contributed by atoms with Crippen LogP contribution in [0.25, 0.3) is 0 Å². The van der Waals surface area contributed by atoms with Crippen LogP contribution < -0.4 is 5.32 Å². The van der Waals surface area contributed by atoms with E-state index in [4.69, 9.17) is 0 Å². The summed E-state index contributed by atoms with van der Waals surface area (Å²) in [5, 5.41) is 2.96. The van der Waals surface area contributed by atoms with Crippen LogP contribution in [0, 0.1) is 13.8 Å². The first-order chi connectivity index (χ1) is 10.6. The van der Waals surface area contributed by atoms with Crippen LogP contribution in [0.4, 0.5) is 10.5 Å². The van der Waals surface area contributed by atoms with Crippen molar-refractivity contribution in [1.82, 2.24) is 9.47 Å². The summed E-state index contributed by atoms with van der Waals surface area (Å²) < 4.78 is 2.41. The second kappa shape index (κ2) is 6.26. The number of nitrogens with one attached hydrogen (secondary N) is 1. The molecule has 1 aliphatic rings. The third-order valence-electron chi connectivity index (χ3n) is 4.47. The summed E-state index contributed by atoms with van der Waals surface area (Å²) in [5.74, 6) is 0. The summed E-state index contributed by atoms with van der Waals surface area (Å²) >= 11 is 0. The summed E-state index contributed by atoms with van der Waals surface area (Å²) in [4.78, 5) is 14.2. The number of hydrogen-bond acceptors (Lipinski definition) is 1. The summed E-state index contributed by atoms with van der Waals surface area (Å²) in [6.07, 6.45) is 2.02. The van der Waals surface area contributed by atoms with Crippen LogP contribution in [0.2, 0.25) is 0 Å². The maximum Gasteiger partial charge on any atom is 0.321 e. The molecular formula is C18H23N3O. The molecule has 4 heteroatoms. The van der Waals surface area contributed by atoms with Crippen LogP contribution >= 0.6 is 0 Å². The van der Waals surface area contributed by atoms with Gasteiger partial charge in [-0.2, -0.15) is 0 Å². The Morgan fingerprint density at radius 1 is 1.00 bits per heavy atom. The lowest BCUT2D eigenvalue weighted by Crippen LogP contribution is -2.41. The molecule has 0 bridgehead atoms. The van der Waals surface area contributed by atoms with Crippen LogP contribution in [0.1, 0.15) is 30.3 Å². The topological polar surface area (TPSA) is 37.3 Å². The molecule has 1 saturated heterocycles. The first kappa shape index (κ1) is 14.7. The van der Waals surface area contributed by atoms with Crippen LogP contribution in [-0.2, 0) is 0 Å². The first-order valence-corrected chi connectivity index (χ1v) is 7.90. The molecule has 0 atom stereocenters. The molecule has 1 aromatic carbocycles. The molecule has 2 heterocycles. The highest BCUT2D eigenvalue weighted by atomic mass is 16.2. The minimum Gasteiger partial charge on any atom is -0.346 e. The molecule has 1 N–H and O–H groups in total. The average Bonchev–Trinajstić information content (AvgIpc) is 2.87. The van der Waals surface area contributed by atoms with Gasteiger partial charge in [-0.25, -0.2) is 4.79 Å². The minimum atomic E-state index is 0.00519. The van der Waals surface area contributed by atoms with Gasteiger partial charge in [0.1, 0.15) is 0 Å². The Balaban J connectivity index is 1.59. The summed E-state index contributed by atoms with van der Waals surface area (Å²) in [6, 6.07) is 14.5. The van der Waals surface area contributed by atoms with E-state index in [0.717, 1.165) is 31.6 Å². The summed E-state index contributed by atoms with van der Waals surface area (Å²) in [7, 11) is 0. The Bertz CT molecular complexity index is 620. The Labute approximate surface area is 131 Å². The van der Waals surface area contributed by atoms with E-state index in [1.165, 1.54) is 11.4 Å². The highest BCUT2D eigenvalue weighted by molar-refractivity contribution is 5.89. The number of carbonyl (C=O) groups is 1. The SMILES string of the molecule is Cc1ccc(C)n1C1CCN(C(=O)Nc2ccccc2)CC1. The Morgan fingerprint density at radius 3 is 2.18 bits per heavy atom. The van der Waals surface area contributed by atoms with Crippen molar-refractivity contribution >= 4 is 11.7 Å². The highest BCUT2D eigenvalue weighted by Gasteiger charge is 2.24. The lowest BCUT2D eigenvalue weighted by atomic mass is 10.0. The van der Waals surface area contributed by atoms with Crippen molar-refractivity contribution in [2.75, 3.05) is 18.4 Å². The molecule has 0 aliphatic carbocycles. The number of aromatic nitrogens is 1. The lowest BCUT2D eigenvalue weighted by molar-refractivity contribution is 0.183. The van der Waals surface area contributed by atoms with E-state index in [0.29, 0.717) is 6.04 Å². The molecule has 4 nitrogen and oxygen atoms in total. The molecule has 0 saturated carbocycles. The van der Waals surface area contributed by atoms with Crippen LogP contribution in [0.5, 0.6) is 0 Å². The molecule has 0 unspecified atom stereocenters. The van der Waals surface area contributed by atoms with E-state index in [2.05, 4.69) is 35.9 Å². The fraction of sp³-hybridized carbons (Fsp3) is 0.389. The van der Waals surface area contributed by atoms with Crippen LogP contribution in [0.15, 0.2) is 42.5 Å². The molecule has 0 radical (unpaired) electrons. The molecule has 3 rings (SSSR count). The molecule has 0 spiro atoms. The van der Waals surface area contributed by atoms with Gasteiger partial charge in [0.15, 0.2) is 0 Å². The number of nitrogens with zero attached hydrogens (tertiary/aromatic N) is 2. The van der Waals surface area contributed by atoms with Crippen molar-refractivity contribution in [2.24, 2.45) is 0 Å². The second-order valence-corrected chi connectivity index (χ2v) is 6.00. The number of carbonyl (C=O) groups excluding carboxylic acids is 1. The highest BCUT2D eigenvalue weighted by Crippen LogP contribution is 2.26. The summed E-state index contributed by atoms with van der Waals surface area (Å²) in [6.45, 7) is 5.92. The molecule has 1 aromatic heterocycles. The van der Waals surface area contributed by atoms with Crippen molar-refractivity contribution in [3.05, 3.63) is 53.9 Å². The number of hydrogen-bond donors (Lipinski definition) is 1. The number of likely N-dealkylation sites (tertiary alicyclic amines) is 1. The third-order valence-corrected chi connectivity index (χ3v) is 4.47. The number of amides is 2. The van der Waals surface area contributed by atoms with Crippen LogP contribution in [0.3, 0.4) is 0 Å². The molecule has 22 heavy (non-hydrogen) atoms. The van der Waals surface area contributed by atoms with Crippen molar-refractivity contribution in [2.45, 2.75) is 32.7 Å². The monoisotopic (exact) mass is 297 g/mol. The van der Waals surface area contributed by atoms with E-state index >= 15 is 0 Å². The van der Waals surface area contributed by atoms with Gasteiger partial charge in [-0.15, -0.1) is 0 Å². The second-order valence-electron chi connectivity index (χ2n) is 6.00. The number of aryl methyl sites for hydroxylation is 2. The van der Waals surface area contributed by atoms with Gasteiger partial charge in [0.25, 0.3) is 0 Å². The molecular weight excluding hydrogens is 274 g/mol. The Morgan fingerprint density at radius 2 is 1.59 bits per heavy atom. The van der Waals surface area contributed by atoms with E-state index < -0.39 is 0 Å². The van der Waals surface area contributed by atoms with E-state index in [-0.39, 0.29) is 6.03 Å². The Kier molecular flexibility index (Phi) is 4.18. The number of urea groups is 1. The zero-order valence-electron chi connectivity index (χ0n) is 13.2. The van der Waals surface area contributed by atoms with Crippen molar-refractivity contribution in [3.63, 3.8) is 0 Å². The zero-order chi connectivity index (χ0) is 15.5. The number of rotatable bonds is 2. The zero-order valence-corrected chi connectivity index (χ0v) is 13.2. The van der Waals surface area contributed by atoms with Gasteiger partial charge in [0.05, 0.1) is 0 Å². The van der Waals surface area contributed by atoms with Gasteiger partial charge in [-0.1, -0.05) is 18.2 Å². The first-order valence-electron chi connectivity index (χ1n) is 7.90. The van der Waals surface area contributed by atoms with E-state index in [1.807, 2.05) is 35.2 Å². The van der Waals surface area contributed by atoms with Gasteiger partial charge < -0.3 is 14.8 Å². The number of piperidine rings is 1. The maximum atomic E-state index is 12.3. The molecule has 2 aromatic rings. The number of anilines is 1. The van der Waals surface area contributed by atoms with Crippen LogP contribution in [-0.4, -0.2) is 28.6 Å². The predicted molar refractivity (Wildman–Crippen MR) is 89.2 cm³/mol. The van der Waals surface area contributed by atoms with Gasteiger partial charge >= 0.3 is 6.03 Å². The van der Waals surface area contributed by atoms with Gasteiger partial charge in [0, 0.05) is 36.2 Å². The predicted octanol–water partition coefficient (Wildman–Crippen LogP) is 3.97. The third kappa shape index (κ3) is 3.01. The molecule has 1 fully saturated rings. The smallest absolute Gasteiger partial charge is 0.321 e. The normalized spacial score (nSPS) is 15.8. The maximum absolute atomic E-state index is 12.3. The van der Waals surface area contributed by atoms with E-state index in [1.54, 1.807) is 0 Å². The van der Waals surface area contributed by atoms with Crippen molar-refractivity contribution < 1.29 is 4.79 Å². The quantitative estimate of drug-likeness (QED) is 0.894. The van der Waals surface area contributed by atoms with Crippen molar-refractivity contribution in [1.29, 1.82) is 0 Å². The summed E-state index contributed by atoms with van der Waals surface area (Å²) in [5.41, 5.74) is 3.47. The number of benzene rings is 1. The standard InChI is InChI=1S/C18H23N3O/c1-14-8-9-15(2)21(14)17-10-12-20(13-11-17)18(22)19-16-6-4-3-5-7-16/h3-9,17H,10-13H2,1-2H3,(H,19,22). The van der Waals surface area contributed by atoms with E-state index in [9.17, 15) is 4.79 Å². The average molecular weight is 297 g/mol. The largest absolute Gasteiger partial charge is 0.346 e. The fourth-order valence-corrected chi connectivity index (χ4v) is 3.31. The van der Waals surface area contributed by atoms with Gasteiger partial charge in [0.2, 0.25) is 0 Å². The number of para-hydroxylation sites is 1. The van der Waals surface area contributed by atoms with Crippen molar-refractivity contribution in [3.8, 4) is 0 Å². The molecule has 1 aliphatic heterocycles. The lowest BCUT2D eigenvalue weighted by Gasteiger charge is -2.34. The minimum absolute atomic E-state index is 0.00519.